The quantitative estimate of drug-likeness (QED) is 0.765. The number of benzene rings is 1. The molecule has 0 unspecified atom stereocenters. The molecule has 2 amide bonds. The van der Waals surface area contributed by atoms with Gasteiger partial charge in [0.25, 0.3) is 11.8 Å². The third-order valence-electron chi connectivity index (χ3n) is 3.46. The number of aromatic nitrogens is 1. The van der Waals surface area contributed by atoms with Crippen molar-refractivity contribution in [1.82, 2.24) is 10.3 Å². The summed E-state index contributed by atoms with van der Waals surface area (Å²) in [6.07, 6.45) is 2.17. The highest BCUT2D eigenvalue weighted by atomic mass is 16.5. The fraction of sp³-hybridized carbons (Fsp3) is 0.278. The lowest BCUT2D eigenvalue weighted by molar-refractivity contribution is 0.0943. The Labute approximate surface area is 141 Å². The van der Waals surface area contributed by atoms with Gasteiger partial charge in [-0.25, -0.2) is 0 Å². The van der Waals surface area contributed by atoms with E-state index < -0.39 is 0 Å². The number of aryl methyl sites for hydroxylation is 1. The number of pyridine rings is 1. The maximum Gasteiger partial charge on any atom is 0.269 e. The predicted octanol–water partition coefficient (Wildman–Crippen LogP) is 2.41. The van der Waals surface area contributed by atoms with E-state index in [9.17, 15) is 9.59 Å². The first-order valence-corrected chi connectivity index (χ1v) is 7.72. The Morgan fingerprint density at radius 2 is 1.96 bits per heavy atom. The van der Waals surface area contributed by atoms with Crippen molar-refractivity contribution in [3.05, 3.63) is 59.4 Å². The van der Waals surface area contributed by atoms with E-state index in [4.69, 9.17) is 4.74 Å². The van der Waals surface area contributed by atoms with Crippen molar-refractivity contribution in [1.29, 1.82) is 0 Å². The van der Waals surface area contributed by atoms with Gasteiger partial charge in [-0.1, -0.05) is 18.2 Å². The number of methoxy groups -OCH3 is 1. The van der Waals surface area contributed by atoms with Crippen LogP contribution in [0.4, 0.5) is 5.69 Å². The third-order valence-corrected chi connectivity index (χ3v) is 3.46. The summed E-state index contributed by atoms with van der Waals surface area (Å²) in [6, 6.07) is 10.6. The molecule has 0 aliphatic heterocycles. The summed E-state index contributed by atoms with van der Waals surface area (Å²) < 4.78 is 4.93. The molecule has 0 spiro atoms. The van der Waals surface area contributed by atoms with Crippen LogP contribution in [0.2, 0.25) is 0 Å². The third kappa shape index (κ3) is 4.89. The molecule has 0 aliphatic carbocycles. The van der Waals surface area contributed by atoms with Crippen molar-refractivity contribution in [3.8, 4) is 0 Å². The molecule has 0 fully saturated rings. The van der Waals surface area contributed by atoms with Gasteiger partial charge in [-0.15, -0.1) is 0 Å². The van der Waals surface area contributed by atoms with E-state index in [1.165, 1.54) is 12.3 Å². The Morgan fingerprint density at radius 1 is 1.17 bits per heavy atom. The molecule has 0 saturated carbocycles. The van der Waals surface area contributed by atoms with Crippen molar-refractivity contribution < 1.29 is 14.3 Å². The number of anilines is 1. The van der Waals surface area contributed by atoms with Gasteiger partial charge in [-0.05, 0) is 37.1 Å². The lowest BCUT2D eigenvalue weighted by atomic mass is 10.1. The van der Waals surface area contributed by atoms with E-state index in [-0.39, 0.29) is 17.5 Å². The number of carbonyl (C=O) groups is 2. The Balaban J connectivity index is 2.02. The van der Waals surface area contributed by atoms with Crippen molar-refractivity contribution in [2.45, 2.75) is 13.3 Å². The predicted molar refractivity (Wildman–Crippen MR) is 92.2 cm³/mol. The van der Waals surface area contributed by atoms with Crippen LogP contribution in [0.15, 0.2) is 42.6 Å². The molecule has 2 rings (SSSR count). The first-order valence-electron chi connectivity index (χ1n) is 7.72. The molecule has 0 saturated heterocycles. The molecule has 0 bridgehead atoms. The minimum atomic E-state index is -0.309. The van der Waals surface area contributed by atoms with Crippen LogP contribution in [0, 0.1) is 6.92 Å². The van der Waals surface area contributed by atoms with Crippen LogP contribution in [-0.2, 0) is 4.74 Å². The summed E-state index contributed by atoms with van der Waals surface area (Å²) in [5.41, 5.74) is 2.31. The lowest BCUT2D eigenvalue weighted by Gasteiger charge is -2.09. The first kappa shape index (κ1) is 17.6. The fourth-order valence-electron chi connectivity index (χ4n) is 2.11. The smallest absolute Gasteiger partial charge is 0.269 e. The Hall–Kier alpha value is -2.73. The molecule has 2 aromatic rings. The highest BCUT2D eigenvalue weighted by molar-refractivity contribution is 6.06. The van der Waals surface area contributed by atoms with Crippen LogP contribution in [0.1, 0.15) is 32.8 Å². The molecule has 0 radical (unpaired) electrons. The normalized spacial score (nSPS) is 10.2. The average Bonchev–Trinajstić information content (AvgIpc) is 2.60. The fourth-order valence-corrected chi connectivity index (χ4v) is 2.11. The zero-order valence-electron chi connectivity index (χ0n) is 13.8. The standard InChI is InChI=1S/C18H21N3O3/c1-13-6-3-4-7-15(13)21-17(22)14-8-10-19-16(12-14)18(23)20-9-5-11-24-2/h3-4,6-8,10,12H,5,9,11H2,1-2H3,(H,20,23)(H,21,22). The largest absolute Gasteiger partial charge is 0.385 e. The zero-order chi connectivity index (χ0) is 17.4. The minimum absolute atomic E-state index is 0.213. The van der Waals surface area contributed by atoms with Gasteiger partial charge in [-0.2, -0.15) is 0 Å². The van der Waals surface area contributed by atoms with E-state index in [1.54, 1.807) is 13.2 Å². The Morgan fingerprint density at radius 3 is 2.71 bits per heavy atom. The molecular formula is C18H21N3O3. The Kier molecular flexibility index (Phi) is 6.45. The number of hydrogen-bond donors (Lipinski definition) is 2. The van der Waals surface area contributed by atoms with Gasteiger partial charge in [-0.3, -0.25) is 14.6 Å². The number of amides is 2. The van der Waals surface area contributed by atoms with Crippen LogP contribution in [0.5, 0.6) is 0 Å². The molecule has 0 atom stereocenters. The van der Waals surface area contributed by atoms with Crippen molar-refractivity contribution >= 4 is 17.5 Å². The second kappa shape index (κ2) is 8.79. The van der Waals surface area contributed by atoms with Crippen molar-refractivity contribution in [2.24, 2.45) is 0 Å². The summed E-state index contributed by atoms with van der Waals surface area (Å²) >= 11 is 0. The second-order valence-corrected chi connectivity index (χ2v) is 5.30. The summed E-state index contributed by atoms with van der Waals surface area (Å²) in [5.74, 6) is -0.586. The molecule has 1 aromatic carbocycles. The average molecular weight is 327 g/mol. The van der Waals surface area contributed by atoms with E-state index in [2.05, 4.69) is 15.6 Å². The summed E-state index contributed by atoms with van der Waals surface area (Å²) in [7, 11) is 1.61. The molecule has 6 nitrogen and oxygen atoms in total. The number of para-hydroxylation sites is 1. The van der Waals surface area contributed by atoms with E-state index in [0.29, 0.717) is 18.7 Å². The molecular weight excluding hydrogens is 306 g/mol. The van der Waals surface area contributed by atoms with Gasteiger partial charge in [0.1, 0.15) is 5.69 Å². The molecule has 6 heteroatoms. The van der Waals surface area contributed by atoms with E-state index in [1.807, 2.05) is 31.2 Å². The van der Waals surface area contributed by atoms with Crippen LogP contribution in [0.25, 0.3) is 0 Å². The number of rotatable bonds is 7. The van der Waals surface area contributed by atoms with Gasteiger partial charge in [0.05, 0.1) is 0 Å². The second-order valence-electron chi connectivity index (χ2n) is 5.30. The van der Waals surface area contributed by atoms with Gasteiger partial charge in [0.2, 0.25) is 0 Å². The van der Waals surface area contributed by atoms with Crippen LogP contribution >= 0.6 is 0 Å². The van der Waals surface area contributed by atoms with Gasteiger partial charge in [0, 0.05) is 37.7 Å². The highest BCUT2D eigenvalue weighted by Crippen LogP contribution is 2.14. The van der Waals surface area contributed by atoms with Crippen molar-refractivity contribution in [3.63, 3.8) is 0 Å². The van der Waals surface area contributed by atoms with E-state index in [0.717, 1.165) is 17.7 Å². The van der Waals surface area contributed by atoms with Crippen LogP contribution < -0.4 is 10.6 Å². The molecule has 0 aliphatic rings. The number of hydrogen-bond acceptors (Lipinski definition) is 4. The van der Waals surface area contributed by atoms with Crippen molar-refractivity contribution in [2.75, 3.05) is 25.6 Å². The topological polar surface area (TPSA) is 80.3 Å². The summed E-state index contributed by atoms with van der Waals surface area (Å²) in [4.78, 5) is 28.4. The number of ether oxygens (including phenoxy) is 1. The first-order chi connectivity index (χ1) is 11.6. The van der Waals surface area contributed by atoms with Gasteiger partial charge >= 0.3 is 0 Å². The summed E-state index contributed by atoms with van der Waals surface area (Å²) in [6.45, 7) is 2.99. The molecule has 24 heavy (non-hydrogen) atoms. The van der Waals surface area contributed by atoms with Gasteiger partial charge < -0.3 is 15.4 Å². The number of nitrogens with one attached hydrogen (secondary N) is 2. The SMILES string of the molecule is COCCCNC(=O)c1cc(C(=O)Nc2ccccc2C)ccn1. The molecule has 2 N–H and O–H groups in total. The number of nitrogens with zero attached hydrogens (tertiary/aromatic N) is 1. The molecule has 1 aromatic heterocycles. The van der Waals surface area contributed by atoms with Crippen LogP contribution in [-0.4, -0.2) is 37.1 Å². The van der Waals surface area contributed by atoms with Gasteiger partial charge in [0.15, 0.2) is 0 Å². The molecule has 126 valence electrons. The van der Waals surface area contributed by atoms with E-state index >= 15 is 0 Å². The maximum absolute atomic E-state index is 12.4. The zero-order valence-corrected chi connectivity index (χ0v) is 13.8. The Bertz CT molecular complexity index is 716. The number of carbonyl (C=O) groups excluding carboxylic acids is 2. The monoisotopic (exact) mass is 327 g/mol. The minimum Gasteiger partial charge on any atom is -0.385 e. The lowest BCUT2D eigenvalue weighted by Crippen LogP contribution is -2.26. The van der Waals surface area contributed by atoms with Crippen LogP contribution in [0.3, 0.4) is 0 Å². The maximum atomic E-state index is 12.4. The molecule has 1 heterocycles. The highest BCUT2D eigenvalue weighted by Gasteiger charge is 2.12. The summed E-state index contributed by atoms with van der Waals surface area (Å²) in [5, 5.41) is 5.58.